The molecule has 1 amide bonds. The highest BCUT2D eigenvalue weighted by atomic mass is 35.5. The summed E-state index contributed by atoms with van der Waals surface area (Å²) in [4.78, 5) is 17.4. The summed E-state index contributed by atoms with van der Waals surface area (Å²) in [7, 11) is 0. The average molecular weight is 340 g/mol. The first-order valence-electron chi connectivity index (χ1n) is 7.93. The van der Waals surface area contributed by atoms with Crippen LogP contribution in [0, 0.1) is 5.92 Å². The highest BCUT2D eigenvalue weighted by molar-refractivity contribution is 5.85. The lowest BCUT2D eigenvalue weighted by molar-refractivity contribution is -0.139. The van der Waals surface area contributed by atoms with Crippen molar-refractivity contribution in [2.24, 2.45) is 5.92 Å². The molecule has 2 fully saturated rings. The number of carbonyl (C=O) groups is 1. The third-order valence-electron chi connectivity index (χ3n) is 4.32. The van der Waals surface area contributed by atoms with E-state index in [9.17, 15) is 4.79 Å². The number of hydrogen-bond donors (Lipinski definition) is 1. The van der Waals surface area contributed by atoms with Gasteiger partial charge in [-0.3, -0.25) is 9.69 Å². The van der Waals surface area contributed by atoms with Crippen molar-refractivity contribution in [2.45, 2.75) is 45.6 Å². The van der Waals surface area contributed by atoms with Crippen molar-refractivity contribution in [3.63, 3.8) is 0 Å². The van der Waals surface area contributed by atoms with Crippen LogP contribution in [-0.4, -0.2) is 61.0 Å². The van der Waals surface area contributed by atoms with Crippen molar-refractivity contribution < 1.29 is 4.79 Å². The molecule has 0 saturated carbocycles. The Balaban J connectivity index is 0.00000200. The van der Waals surface area contributed by atoms with Crippen LogP contribution in [0.25, 0.3) is 0 Å². The lowest BCUT2D eigenvalue weighted by atomic mass is 9.98. The maximum Gasteiger partial charge on any atom is 0.240 e. The number of halogens is 2. The Morgan fingerprint density at radius 2 is 1.57 bits per heavy atom. The smallest absolute Gasteiger partial charge is 0.240 e. The molecule has 0 aromatic heterocycles. The van der Waals surface area contributed by atoms with Crippen molar-refractivity contribution in [1.29, 1.82) is 0 Å². The number of carbonyl (C=O) groups excluding carboxylic acids is 1. The summed E-state index contributed by atoms with van der Waals surface area (Å²) >= 11 is 0. The molecule has 0 spiro atoms. The number of nitrogens with one attached hydrogen (secondary N) is 1. The molecule has 4 nitrogen and oxygen atoms in total. The van der Waals surface area contributed by atoms with Crippen LogP contribution in [-0.2, 0) is 4.79 Å². The molecular weight excluding hydrogens is 309 g/mol. The molecule has 126 valence electrons. The summed E-state index contributed by atoms with van der Waals surface area (Å²) in [6.45, 7) is 10.3. The summed E-state index contributed by atoms with van der Waals surface area (Å²) in [6.07, 6.45) is 4.90. The lowest BCUT2D eigenvalue weighted by Gasteiger charge is -2.38. The van der Waals surface area contributed by atoms with E-state index in [2.05, 4.69) is 29.0 Å². The van der Waals surface area contributed by atoms with E-state index < -0.39 is 0 Å². The van der Waals surface area contributed by atoms with E-state index in [0.717, 1.165) is 45.7 Å². The minimum atomic E-state index is 0. The molecule has 0 aromatic rings. The van der Waals surface area contributed by atoms with Gasteiger partial charge in [0.15, 0.2) is 0 Å². The van der Waals surface area contributed by atoms with Gasteiger partial charge in [0, 0.05) is 19.6 Å². The Kier molecular flexibility index (Phi) is 10.6. The molecule has 2 heterocycles. The van der Waals surface area contributed by atoms with Crippen LogP contribution in [0.5, 0.6) is 0 Å². The molecule has 1 unspecified atom stereocenters. The highest BCUT2D eigenvalue weighted by Crippen LogP contribution is 2.20. The topological polar surface area (TPSA) is 35.6 Å². The molecule has 0 bridgehead atoms. The summed E-state index contributed by atoms with van der Waals surface area (Å²) < 4.78 is 0. The Morgan fingerprint density at radius 3 is 2.19 bits per heavy atom. The van der Waals surface area contributed by atoms with E-state index in [1.807, 2.05) is 0 Å². The van der Waals surface area contributed by atoms with E-state index >= 15 is 0 Å². The van der Waals surface area contributed by atoms with Crippen LogP contribution in [0.4, 0.5) is 0 Å². The maximum atomic E-state index is 12.8. The summed E-state index contributed by atoms with van der Waals surface area (Å²) in [5, 5.41) is 3.37. The van der Waals surface area contributed by atoms with Crippen LogP contribution < -0.4 is 5.32 Å². The molecule has 0 aromatic carbocycles. The molecule has 2 saturated heterocycles. The molecule has 0 aliphatic carbocycles. The van der Waals surface area contributed by atoms with Gasteiger partial charge in [-0.25, -0.2) is 0 Å². The van der Waals surface area contributed by atoms with Gasteiger partial charge in [0.2, 0.25) is 5.91 Å². The van der Waals surface area contributed by atoms with E-state index in [0.29, 0.717) is 11.8 Å². The molecule has 1 N–H and O–H groups in total. The quantitative estimate of drug-likeness (QED) is 0.855. The van der Waals surface area contributed by atoms with Gasteiger partial charge >= 0.3 is 0 Å². The first-order chi connectivity index (χ1) is 9.20. The monoisotopic (exact) mass is 339 g/mol. The van der Waals surface area contributed by atoms with Crippen molar-refractivity contribution >= 4 is 30.7 Å². The molecule has 21 heavy (non-hydrogen) atoms. The Morgan fingerprint density at radius 1 is 0.905 bits per heavy atom. The Bertz CT molecular complexity index is 289. The zero-order valence-electron chi connectivity index (χ0n) is 13.3. The number of amides is 1. The van der Waals surface area contributed by atoms with Gasteiger partial charge in [0.25, 0.3) is 0 Å². The second-order valence-corrected chi connectivity index (χ2v) is 6.21. The Labute approximate surface area is 141 Å². The number of nitrogens with zero attached hydrogens (tertiary/aromatic N) is 2. The number of piperidine rings is 1. The molecule has 2 rings (SSSR count). The largest absolute Gasteiger partial charge is 0.340 e. The summed E-state index contributed by atoms with van der Waals surface area (Å²) in [5.41, 5.74) is 0. The predicted octanol–water partition coefficient (Wildman–Crippen LogP) is 2.16. The van der Waals surface area contributed by atoms with E-state index in [4.69, 9.17) is 0 Å². The van der Waals surface area contributed by atoms with Crippen LogP contribution in [0.3, 0.4) is 0 Å². The minimum absolute atomic E-state index is 0. The second-order valence-electron chi connectivity index (χ2n) is 6.21. The van der Waals surface area contributed by atoms with E-state index in [-0.39, 0.29) is 30.9 Å². The molecule has 1 atom stereocenters. The summed E-state index contributed by atoms with van der Waals surface area (Å²) in [6, 6.07) is 0.0957. The first kappa shape index (κ1) is 21.0. The van der Waals surface area contributed by atoms with Crippen LogP contribution in [0.1, 0.15) is 39.5 Å². The Hall–Kier alpha value is -0.0300. The normalized spacial score (nSPS) is 22.0. The fourth-order valence-corrected chi connectivity index (χ4v) is 3.31. The van der Waals surface area contributed by atoms with E-state index in [1.165, 1.54) is 19.3 Å². The van der Waals surface area contributed by atoms with Crippen LogP contribution >= 0.6 is 24.8 Å². The minimum Gasteiger partial charge on any atom is -0.340 e. The van der Waals surface area contributed by atoms with Gasteiger partial charge in [-0.05, 0) is 44.8 Å². The van der Waals surface area contributed by atoms with Gasteiger partial charge < -0.3 is 10.2 Å². The standard InChI is InChI=1S/C15H29N3O.2ClH/c1-13(2)14(17-9-4-3-5-10-17)15(19)18-11-6-7-16-8-12-18;;/h13-14,16H,3-12H2,1-2H3;2*1H. The lowest BCUT2D eigenvalue weighted by Crippen LogP contribution is -2.53. The number of hydrogen-bond acceptors (Lipinski definition) is 3. The molecule has 2 aliphatic heterocycles. The van der Waals surface area contributed by atoms with Crippen molar-refractivity contribution in [2.75, 3.05) is 39.3 Å². The first-order valence-corrected chi connectivity index (χ1v) is 7.93. The zero-order valence-corrected chi connectivity index (χ0v) is 15.0. The van der Waals surface area contributed by atoms with Gasteiger partial charge in [-0.2, -0.15) is 0 Å². The third kappa shape index (κ3) is 5.93. The third-order valence-corrected chi connectivity index (χ3v) is 4.32. The van der Waals surface area contributed by atoms with E-state index in [1.54, 1.807) is 0 Å². The average Bonchev–Trinajstić information content (AvgIpc) is 2.68. The SMILES string of the molecule is CC(C)C(C(=O)N1CCCNCC1)N1CCCCC1.Cl.Cl. The maximum absolute atomic E-state index is 12.8. The van der Waals surface area contributed by atoms with Gasteiger partial charge in [0.1, 0.15) is 0 Å². The van der Waals surface area contributed by atoms with Gasteiger partial charge in [-0.15, -0.1) is 24.8 Å². The fraction of sp³-hybridized carbons (Fsp3) is 0.933. The predicted molar refractivity (Wildman–Crippen MR) is 92.6 cm³/mol. The van der Waals surface area contributed by atoms with Crippen LogP contribution in [0.15, 0.2) is 0 Å². The van der Waals surface area contributed by atoms with Crippen LogP contribution in [0.2, 0.25) is 0 Å². The second kappa shape index (κ2) is 10.7. The molecule has 2 aliphatic rings. The number of likely N-dealkylation sites (tertiary alicyclic amines) is 1. The van der Waals surface area contributed by atoms with Crippen molar-refractivity contribution in [3.05, 3.63) is 0 Å². The molecule has 0 radical (unpaired) electrons. The highest BCUT2D eigenvalue weighted by Gasteiger charge is 2.32. The summed E-state index contributed by atoms with van der Waals surface area (Å²) in [5.74, 6) is 0.766. The number of rotatable bonds is 3. The fourth-order valence-electron chi connectivity index (χ4n) is 3.31. The molecule has 6 heteroatoms. The van der Waals surface area contributed by atoms with Crippen molar-refractivity contribution in [3.8, 4) is 0 Å². The van der Waals surface area contributed by atoms with Crippen molar-refractivity contribution in [1.82, 2.24) is 15.1 Å². The van der Waals surface area contributed by atoms with Gasteiger partial charge in [-0.1, -0.05) is 20.3 Å². The molecular formula is C15H31Cl2N3O. The van der Waals surface area contributed by atoms with Gasteiger partial charge in [0.05, 0.1) is 6.04 Å². The zero-order chi connectivity index (χ0) is 13.7.